The first-order valence-corrected chi connectivity index (χ1v) is 9.10. The number of nitrogens with one attached hydrogen (secondary N) is 1. The van der Waals surface area contributed by atoms with Crippen molar-refractivity contribution < 1.29 is 4.74 Å². The molecule has 0 radical (unpaired) electrons. The number of fused-ring (bicyclic) bond motifs is 1. The Balaban J connectivity index is 1.52. The van der Waals surface area contributed by atoms with Gasteiger partial charge in [0.25, 0.3) is 0 Å². The number of likely N-dealkylation sites (N-methyl/N-ethyl adjacent to an activating group) is 1. The van der Waals surface area contributed by atoms with Crippen LogP contribution >= 0.6 is 12.2 Å². The van der Waals surface area contributed by atoms with Gasteiger partial charge in [-0.2, -0.15) is 0 Å². The maximum absolute atomic E-state index is 5.94. The maximum atomic E-state index is 5.94. The molecule has 3 aliphatic rings. The Morgan fingerprint density at radius 2 is 2.05 bits per heavy atom. The smallest absolute Gasteiger partial charge is 0.169 e. The Labute approximate surface area is 134 Å². The molecule has 5 heteroatoms. The molecule has 1 saturated carbocycles. The number of hydrogen-bond acceptors (Lipinski definition) is 3. The molecule has 3 rings (SSSR count). The van der Waals surface area contributed by atoms with Crippen molar-refractivity contribution in [3.05, 3.63) is 0 Å². The summed E-state index contributed by atoms with van der Waals surface area (Å²) in [5.74, 6) is 0. The van der Waals surface area contributed by atoms with E-state index in [9.17, 15) is 0 Å². The largest absolute Gasteiger partial charge is 0.374 e. The van der Waals surface area contributed by atoms with Crippen LogP contribution in [0.1, 0.15) is 45.4 Å². The number of morpholine rings is 1. The van der Waals surface area contributed by atoms with Crippen molar-refractivity contribution in [2.24, 2.45) is 0 Å². The third-order valence-corrected chi connectivity index (χ3v) is 5.77. The van der Waals surface area contributed by atoms with Gasteiger partial charge in [0.2, 0.25) is 0 Å². The SMILES string of the molecule is CCN1CCC[C@@H]1CNC(=S)N1CCO[C@@H]2CCCC[C@@H]21. The van der Waals surface area contributed by atoms with Gasteiger partial charge in [0.05, 0.1) is 18.8 Å². The highest BCUT2D eigenvalue weighted by molar-refractivity contribution is 7.80. The maximum Gasteiger partial charge on any atom is 0.169 e. The lowest BCUT2D eigenvalue weighted by Gasteiger charge is -2.45. The van der Waals surface area contributed by atoms with Crippen molar-refractivity contribution >= 4 is 17.3 Å². The average molecular weight is 311 g/mol. The average Bonchev–Trinajstić information content (AvgIpc) is 2.99. The molecule has 0 aromatic rings. The number of thiocarbonyl (C=S) groups is 1. The molecular weight excluding hydrogens is 282 g/mol. The molecule has 2 saturated heterocycles. The minimum Gasteiger partial charge on any atom is -0.374 e. The summed E-state index contributed by atoms with van der Waals surface area (Å²) >= 11 is 5.69. The first kappa shape index (κ1) is 15.5. The summed E-state index contributed by atoms with van der Waals surface area (Å²) in [5.41, 5.74) is 0. The minimum atomic E-state index is 0.408. The zero-order chi connectivity index (χ0) is 14.7. The number of ether oxygens (including phenoxy) is 1. The van der Waals surface area contributed by atoms with Gasteiger partial charge < -0.3 is 15.0 Å². The lowest BCUT2D eigenvalue weighted by Crippen LogP contribution is -2.58. The van der Waals surface area contributed by atoms with E-state index in [4.69, 9.17) is 17.0 Å². The van der Waals surface area contributed by atoms with Crippen LogP contribution in [0.25, 0.3) is 0 Å². The van der Waals surface area contributed by atoms with E-state index in [0.717, 1.165) is 31.4 Å². The molecule has 0 bridgehead atoms. The molecule has 1 aliphatic carbocycles. The number of hydrogen-bond donors (Lipinski definition) is 1. The van der Waals surface area contributed by atoms with Crippen LogP contribution in [-0.2, 0) is 4.74 Å². The Bertz CT molecular complexity index is 363. The molecule has 3 fully saturated rings. The molecule has 3 atom stereocenters. The van der Waals surface area contributed by atoms with Crippen molar-refractivity contribution in [1.82, 2.24) is 15.1 Å². The van der Waals surface area contributed by atoms with Crippen molar-refractivity contribution in [1.29, 1.82) is 0 Å². The predicted octanol–water partition coefficient (Wildman–Crippen LogP) is 1.99. The van der Waals surface area contributed by atoms with E-state index in [2.05, 4.69) is 22.0 Å². The zero-order valence-electron chi connectivity index (χ0n) is 13.2. The van der Waals surface area contributed by atoms with Crippen LogP contribution in [0.4, 0.5) is 0 Å². The summed E-state index contributed by atoms with van der Waals surface area (Å²) in [6, 6.07) is 1.18. The quantitative estimate of drug-likeness (QED) is 0.805. The van der Waals surface area contributed by atoms with E-state index in [-0.39, 0.29) is 0 Å². The second kappa shape index (κ2) is 7.25. The first-order valence-electron chi connectivity index (χ1n) is 8.69. The summed E-state index contributed by atoms with van der Waals surface area (Å²) in [5, 5.41) is 4.51. The number of nitrogens with zero attached hydrogens (tertiary/aromatic N) is 2. The Kier molecular flexibility index (Phi) is 5.35. The monoisotopic (exact) mass is 311 g/mol. The molecule has 21 heavy (non-hydrogen) atoms. The van der Waals surface area contributed by atoms with E-state index in [1.54, 1.807) is 0 Å². The third-order valence-electron chi connectivity index (χ3n) is 5.39. The van der Waals surface area contributed by atoms with Gasteiger partial charge in [-0.25, -0.2) is 0 Å². The van der Waals surface area contributed by atoms with Gasteiger partial charge in [-0.05, 0) is 51.0 Å². The fraction of sp³-hybridized carbons (Fsp3) is 0.938. The molecule has 0 aromatic carbocycles. The van der Waals surface area contributed by atoms with Gasteiger partial charge in [0.1, 0.15) is 0 Å². The van der Waals surface area contributed by atoms with Gasteiger partial charge in [0.15, 0.2) is 5.11 Å². The normalized spacial score (nSPS) is 33.8. The van der Waals surface area contributed by atoms with Crippen molar-refractivity contribution in [2.45, 2.75) is 63.6 Å². The molecule has 2 heterocycles. The van der Waals surface area contributed by atoms with Crippen LogP contribution in [0, 0.1) is 0 Å². The highest BCUT2D eigenvalue weighted by atomic mass is 32.1. The van der Waals surface area contributed by atoms with E-state index in [1.165, 1.54) is 45.1 Å². The number of rotatable bonds is 3. The predicted molar refractivity (Wildman–Crippen MR) is 89.6 cm³/mol. The molecule has 0 aromatic heterocycles. The summed E-state index contributed by atoms with van der Waals surface area (Å²) in [7, 11) is 0. The molecular formula is C16H29N3OS. The number of likely N-dealkylation sites (tertiary alicyclic amines) is 1. The molecule has 1 N–H and O–H groups in total. The second-order valence-electron chi connectivity index (χ2n) is 6.57. The molecule has 2 aliphatic heterocycles. The molecule has 120 valence electrons. The Morgan fingerprint density at radius 1 is 1.19 bits per heavy atom. The highest BCUT2D eigenvalue weighted by Crippen LogP contribution is 2.28. The lowest BCUT2D eigenvalue weighted by molar-refractivity contribution is -0.0639. The first-order chi connectivity index (χ1) is 10.3. The highest BCUT2D eigenvalue weighted by Gasteiger charge is 2.35. The molecule has 4 nitrogen and oxygen atoms in total. The minimum absolute atomic E-state index is 0.408. The van der Waals surface area contributed by atoms with Crippen LogP contribution in [-0.4, -0.2) is 65.9 Å². The van der Waals surface area contributed by atoms with Crippen LogP contribution in [0.5, 0.6) is 0 Å². The van der Waals surface area contributed by atoms with E-state index in [1.807, 2.05) is 0 Å². The summed E-state index contributed by atoms with van der Waals surface area (Å²) < 4.78 is 5.94. The zero-order valence-corrected chi connectivity index (χ0v) is 14.0. The van der Waals surface area contributed by atoms with Crippen molar-refractivity contribution in [3.63, 3.8) is 0 Å². The van der Waals surface area contributed by atoms with Crippen molar-refractivity contribution in [2.75, 3.05) is 32.8 Å². The van der Waals surface area contributed by atoms with Crippen molar-refractivity contribution in [3.8, 4) is 0 Å². The Morgan fingerprint density at radius 3 is 2.90 bits per heavy atom. The molecule has 0 spiro atoms. The van der Waals surface area contributed by atoms with E-state index < -0.39 is 0 Å². The third kappa shape index (κ3) is 3.51. The molecule has 0 unspecified atom stereocenters. The standard InChI is InChI=1S/C16H29N3OS/c1-2-18-9-5-6-13(18)12-17-16(21)19-10-11-20-15-8-4-3-7-14(15)19/h13-15H,2-12H2,1H3,(H,17,21)/t13-,14+,15-/m1/s1. The van der Waals surface area contributed by atoms with Gasteiger partial charge in [-0.1, -0.05) is 19.8 Å². The topological polar surface area (TPSA) is 27.7 Å². The fourth-order valence-corrected chi connectivity index (χ4v) is 4.51. The van der Waals surface area contributed by atoms with Crippen LogP contribution in [0.3, 0.4) is 0 Å². The van der Waals surface area contributed by atoms with E-state index in [0.29, 0.717) is 18.2 Å². The summed E-state index contributed by atoms with van der Waals surface area (Å²) in [6.07, 6.45) is 8.10. The van der Waals surface area contributed by atoms with Crippen LogP contribution in [0.2, 0.25) is 0 Å². The van der Waals surface area contributed by atoms with Crippen LogP contribution < -0.4 is 5.32 Å². The summed E-state index contributed by atoms with van der Waals surface area (Å²) in [4.78, 5) is 4.98. The van der Waals surface area contributed by atoms with Gasteiger partial charge in [-0.15, -0.1) is 0 Å². The Hall–Kier alpha value is -0.390. The van der Waals surface area contributed by atoms with Gasteiger partial charge in [-0.3, -0.25) is 4.90 Å². The van der Waals surface area contributed by atoms with Crippen LogP contribution in [0.15, 0.2) is 0 Å². The fourth-order valence-electron chi connectivity index (χ4n) is 4.20. The van der Waals surface area contributed by atoms with Gasteiger partial charge >= 0.3 is 0 Å². The second-order valence-corrected chi connectivity index (χ2v) is 6.95. The van der Waals surface area contributed by atoms with Gasteiger partial charge in [0, 0.05) is 19.1 Å². The summed E-state index contributed by atoms with van der Waals surface area (Å²) in [6.45, 7) is 7.44. The lowest BCUT2D eigenvalue weighted by atomic mass is 9.90. The van der Waals surface area contributed by atoms with E-state index >= 15 is 0 Å². The molecule has 0 amide bonds.